The van der Waals surface area contributed by atoms with E-state index < -0.39 is 0 Å². The van der Waals surface area contributed by atoms with Gasteiger partial charge in [-0.1, -0.05) is 30.3 Å². The fourth-order valence-electron chi connectivity index (χ4n) is 7.66. The second-order valence-electron chi connectivity index (χ2n) is 10.0. The Labute approximate surface area is 173 Å². The molecule has 0 aromatic heterocycles. The molecule has 150 valence electrons. The summed E-state index contributed by atoms with van der Waals surface area (Å²) < 4.78 is 5.38. The minimum absolute atomic E-state index is 0.129. The number of anilines is 1. The first-order valence-electron chi connectivity index (χ1n) is 11.2. The molecular formula is C26H29NO2. The lowest BCUT2D eigenvalue weighted by Crippen LogP contribution is -2.65. The fraction of sp³-hybridized carbons (Fsp3) is 0.500. The Bertz CT molecular complexity index is 884. The van der Waals surface area contributed by atoms with Crippen LogP contribution in [0.2, 0.25) is 0 Å². The number of hydrogen-bond acceptors (Lipinski definition) is 2. The molecule has 1 amide bonds. The topological polar surface area (TPSA) is 29.5 Å². The number of para-hydroxylation sites is 1. The van der Waals surface area contributed by atoms with Crippen molar-refractivity contribution < 1.29 is 9.53 Å². The largest absolute Gasteiger partial charge is 0.497 e. The van der Waals surface area contributed by atoms with Crippen LogP contribution in [0.1, 0.15) is 50.1 Å². The van der Waals surface area contributed by atoms with Gasteiger partial charge in [0, 0.05) is 5.69 Å². The molecule has 1 heterocycles. The Morgan fingerprint density at radius 1 is 0.862 bits per heavy atom. The van der Waals surface area contributed by atoms with Crippen LogP contribution in [0.15, 0.2) is 54.6 Å². The first kappa shape index (κ1) is 17.6. The second-order valence-corrected chi connectivity index (χ2v) is 10.0. The fourth-order valence-corrected chi connectivity index (χ4v) is 7.66. The molecule has 0 N–H and O–H groups in total. The monoisotopic (exact) mass is 387 g/mol. The summed E-state index contributed by atoms with van der Waals surface area (Å²) in [6, 6.07) is 18.8. The number of carbonyl (C=O) groups excluding carboxylic acids is 1. The van der Waals surface area contributed by atoms with E-state index in [0.717, 1.165) is 29.2 Å². The molecular weight excluding hydrogens is 358 g/mol. The normalized spacial score (nSPS) is 37.5. The maximum absolute atomic E-state index is 13.7. The summed E-state index contributed by atoms with van der Waals surface area (Å²) in [5, 5.41) is 0. The SMILES string of the molecule is COc1ccc([C@H]2[C@@H](C34CC5CC(CC(C5)C3)C4)C(=O)N2c2ccccc2)cc1. The predicted molar refractivity (Wildman–Crippen MR) is 114 cm³/mol. The van der Waals surface area contributed by atoms with Gasteiger partial charge < -0.3 is 9.64 Å². The number of benzene rings is 2. The summed E-state index contributed by atoms with van der Waals surface area (Å²) in [5.41, 5.74) is 2.50. The van der Waals surface area contributed by atoms with E-state index in [4.69, 9.17) is 4.74 Å². The number of amides is 1. The molecule has 0 unspecified atom stereocenters. The number of β-lactam (4-membered cyclic amide) rings is 1. The first-order chi connectivity index (χ1) is 14.2. The van der Waals surface area contributed by atoms with Crippen molar-refractivity contribution in [2.24, 2.45) is 29.1 Å². The highest BCUT2D eigenvalue weighted by molar-refractivity contribution is 6.03. The molecule has 2 aromatic carbocycles. The minimum atomic E-state index is 0.129. The van der Waals surface area contributed by atoms with Crippen LogP contribution in [-0.2, 0) is 4.79 Å². The molecule has 0 spiro atoms. The Hall–Kier alpha value is -2.29. The number of hydrogen-bond donors (Lipinski definition) is 0. The zero-order valence-electron chi connectivity index (χ0n) is 17.1. The Kier molecular flexibility index (Phi) is 3.85. The standard InChI is InChI=1S/C26H29NO2/c1-29-22-9-7-20(8-10-22)24-23(25(28)27(24)21-5-3-2-4-6-21)26-14-17-11-18(15-26)13-19(12-17)16-26/h2-10,17-19,23-24H,11-16H2,1H3/t17?,18?,19?,23-,24+,26?/m1/s1. The van der Waals surface area contributed by atoms with Crippen LogP contribution in [0, 0.1) is 29.1 Å². The number of ether oxygens (including phenoxy) is 1. The highest BCUT2D eigenvalue weighted by Crippen LogP contribution is 2.67. The van der Waals surface area contributed by atoms with Gasteiger partial charge in [0.05, 0.1) is 19.1 Å². The third-order valence-corrected chi connectivity index (χ3v) is 8.33. The number of methoxy groups -OCH3 is 1. The molecule has 7 rings (SSSR count). The van der Waals surface area contributed by atoms with Gasteiger partial charge in [-0.2, -0.15) is 0 Å². The number of carbonyl (C=O) groups is 1. The lowest BCUT2D eigenvalue weighted by atomic mass is 9.44. The van der Waals surface area contributed by atoms with Gasteiger partial charge in [0.25, 0.3) is 0 Å². The zero-order valence-corrected chi connectivity index (χ0v) is 17.1. The zero-order chi connectivity index (χ0) is 19.6. The molecule has 5 fully saturated rings. The Morgan fingerprint density at radius 2 is 1.45 bits per heavy atom. The molecule has 4 saturated carbocycles. The van der Waals surface area contributed by atoms with E-state index in [2.05, 4.69) is 29.2 Å². The summed E-state index contributed by atoms with van der Waals surface area (Å²) >= 11 is 0. The number of rotatable bonds is 4. The Morgan fingerprint density at radius 3 is 2.00 bits per heavy atom. The van der Waals surface area contributed by atoms with Gasteiger partial charge >= 0.3 is 0 Å². The van der Waals surface area contributed by atoms with Gasteiger partial charge in [0.2, 0.25) is 5.91 Å². The minimum Gasteiger partial charge on any atom is -0.497 e. The van der Waals surface area contributed by atoms with E-state index in [0.29, 0.717) is 5.91 Å². The van der Waals surface area contributed by atoms with E-state index in [1.165, 1.54) is 44.1 Å². The summed E-state index contributed by atoms with van der Waals surface area (Å²) in [5.74, 6) is 3.92. The van der Waals surface area contributed by atoms with Crippen LogP contribution >= 0.6 is 0 Å². The van der Waals surface area contributed by atoms with Gasteiger partial charge in [0.15, 0.2) is 0 Å². The second kappa shape index (κ2) is 6.35. The van der Waals surface area contributed by atoms with Gasteiger partial charge in [-0.3, -0.25) is 4.79 Å². The average Bonchev–Trinajstić information content (AvgIpc) is 2.72. The Balaban J connectivity index is 1.41. The van der Waals surface area contributed by atoms with Crippen molar-refractivity contribution in [1.82, 2.24) is 0 Å². The van der Waals surface area contributed by atoms with Crippen LogP contribution < -0.4 is 9.64 Å². The molecule has 4 bridgehead atoms. The van der Waals surface area contributed by atoms with Gasteiger partial charge in [-0.15, -0.1) is 0 Å². The number of nitrogens with zero attached hydrogens (tertiary/aromatic N) is 1. The van der Waals surface area contributed by atoms with Crippen molar-refractivity contribution in [2.45, 2.75) is 44.6 Å². The molecule has 2 atom stereocenters. The average molecular weight is 388 g/mol. The van der Waals surface area contributed by atoms with Gasteiger partial charge in [0.1, 0.15) is 5.75 Å². The third kappa shape index (κ3) is 2.59. The summed E-state index contributed by atoms with van der Waals surface area (Å²) in [4.78, 5) is 15.7. The van der Waals surface area contributed by atoms with Crippen molar-refractivity contribution in [2.75, 3.05) is 12.0 Å². The van der Waals surface area contributed by atoms with Crippen LogP contribution in [0.25, 0.3) is 0 Å². The van der Waals surface area contributed by atoms with Gasteiger partial charge in [-0.05, 0) is 91.5 Å². The molecule has 3 heteroatoms. The molecule has 3 nitrogen and oxygen atoms in total. The van der Waals surface area contributed by atoms with Crippen molar-refractivity contribution >= 4 is 11.6 Å². The summed E-state index contributed by atoms with van der Waals surface area (Å²) in [7, 11) is 1.70. The molecule has 1 saturated heterocycles. The molecule has 5 aliphatic rings. The summed E-state index contributed by atoms with van der Waals surface area (Å²) in [6.45, 7) is 0. The molecule has 1 aliphatic heterocycles. The van der Waals surface area contributed by atoms with E-state index >= 15 is 0 Å². The van der Waals surface area contributed by atoms with E-state index in [9.17, 15) is 4.79 Å². The smallest absolute Gasteiger partial charge is 0.233 e. The summed E-state index contributed by atoms with van der Waals surface area (Å²) in [6.07, 6.45) is 8.04. The highest BCUT2D eigenvalue weighted by Gasteiger charge is 2.63. The van der Waals surface area contributed by atoms with Crippen molar-refractivity contribution in [3.05, 3.63) is 60.2 Å². The lowest BCUT2D eigenvalue weighted by molar-refractivity contribution is -0.153. The van der Waals surface area contributed by atoms with Crippen LogP contribution in [0.3, 0.4) is 0 Å². The van der Waals surface area contributed by atoms with E-state index in [1.54, 1.807) is 7.11 Å². The maximum Gasteiger partial charge on any atom is 0.233 e. The predicted octanol–water partition coefficient (Wildman–Crippen LogP) is 5.62. The van der Waals surface area contributed by atoms with Crippen molar-refractivity contribution in [1.29, 1.82) is 0 Å². The quantitative estimate of drug-likeness (QED) is 0.638. The molecule has 4 aliphatic carbocycles. The lowest BCUT2D eigenvalue weighted by Gasteiger charge is -2.64. The van der Waals surface area contributed by atoms with Crippen molar-refractivity contribution in [3.63, 3.8) is 0 Å². The maximum atomic E-state index is 13.7. The van der Waals surface area contributed by atoms with Gasteiger partial charge in [-0.25, -0.2) is 0 Å². The first-order valence-corrected chi connectivity index (χ1v) is 11.2. The van der Waals surface area contributed by atoms with Crippen molar-refractivity contribution in [3.8, 4) is 5.75 Å². The highest BCUT2D eigenvalue weighted by atomic mass is 16.5. The van der Waals surface area contributed by atoms with Crippen LogP contribution in [0.5, 0.6) is 5.75 Å². The molecule has 0 radical (unpaired) electrons. The van der Waals surface area contributed by atoms with Crippen LogP contribution in [-0.4, -0.2) is 13.0 Å². The van der Waals surface area contributed by atoms with E-state index in [1.807, 2.05) is 30.3 Å². The van der Waals surface area contributed by atoms with Crippen LogP contribution in [0.4, 0.5) is 5.69 Å². The third-order valence-electron chi connectivity index (χ3n) is 8.33. The molecule has 29 heavy (non-hydrogen) atoms. The molecule has 2 aromatic rings. The van der Waals surface area contributed by atoms with E-state index in [-0.39, 0.29) is 17.4 Å².